The number of hydrogen-bond acceptors (Lipinski definition) is 3. The number of carbonyl (C=O) groups is 1. The second kappa shape index (κ2) is 3.28. The number of hydrogen-bond donors (Lipinski definition) is 2. The lowest BCUT2D eigenvalue weighted by Crippen LogP contribution is -2.40. The third-order valence-electron chi connectivity index (χ3n) is 1.98. The van der Waals surface area contributed by atoms with Crippen LogP contribution >= 0.6 is 0 Å². The molecule has 2 amide bonds. The third kappa shape index (κ3) is 1.51. The number of amides is 2. The Morgan fingerprint density at radius 1 is 1.17 bits per heavy atom. The van der Waals surface area contributed by atoms with E-state index in [2.05, 4.69) is 0 Å². The zero-order valence-electron chi connectivity index (χ0n) is 7.27. The lowest BCUT2D eigenvalue weighted by Gasteiger charge is -2.22. The van der Waals surface area contributed by atoms with E-state index in [4.69, 9.17) is 10.2 Å². The largest absolute Gasteiger partial charge is 0.374 e. The maximum atomic E-state index is 11.3. The van der Waals surface area contributed by atoms with Crippen molar-refractivity contribution >= 4 is 6.03 Å². The molecule has 2 N–H and O–H groups in total. The Bertz CT molecular complexity index is 163. The van der Waals surface area contributed by atoms with Crippen molar-refractivity contribution in [2.45, 2.75) is 26.3 Å². The third-order valence-corrected chi connectivity index (χ3v) is 1.98. The molecule has 1 fully saturated rings. The van der Waals surface area contributed by atoms with Crippen LogP contribution in [-0.2, 0) is 0 Å². The van der Waals surface area contributed by atoms with Crippen LogP contribution in [0.1, 0.15) is 13.8 Å². The highest BCUT2D eigenvalue weighted by Gasteiger charge is 2.32. The SMILES string of the molecule is CC(O)N1CCN(C(C)O)C1=O. The first kappa shape index (κ1) is 9.28. The molecular formula is C7H14N2O3. The summed E-state index contributed by atoms with van der Waals surface area (Å²) in [6, 6.07) is -0.306. The van der Waals surface area contributed by atoms with E-state index in [1.54, 1.807) is 0 Å². The van der Waals surface area contributed by atoms with Gasteiger partial charge in [-0.3, -0.25) is 9.80 Å². The van der Waals surface area contributed by atoms with Crippen LogP contribution in [0, 0.1) is 0 Å². The summed E-state index contributed by atoms with van der Waals surface area (Å²) in [5.74, 6) is 0. The van der Waals surface area contributed by atoms with Gasteiger partial charge in [0.1, 0.15) is 12.5 Å². The van der Waals surface area contributed by atoms with Gasteiger partial charge in [0.15, 0.2) is 0 Å². The zero-order chi connectivity index (χ0) is 9.30. The van der Waals surface area contributed by atoms with Gasteiger partial charge in [0.05, 0.1) is 0 Å². The Hall–Kier alpha value is -0.810. The molecule has 0 aromatic rings. The summed E-state index contributed by atoms with van der Waals surface area (Å²) < 4.78 is 0. The molecule has 1 heterocycles. The number of nitrogens with zero attached hydrogens (tertiary/aromatic N) is 2. The first-order valence-electron chi connectivity index (χ1n) is 3.97. The average Bonchev–Trinajstić information content (AvgIpc) is 2.30. The second-order valence-corrected chi connectivity index (χ2v) is 2.93. The quantitative estimate of drug-likeness (QED) is 0.587. The molecule has 5 heteroatoms. The molecule has 0 aromatic carbocycles. The molecule has 0 aliphatic carbocycles. The number of urea groups is 1. The van der Waals surface area contributed by atoms with Crippen molar-refractivity contribution in [2.75, 3.05) is 13.1 Å². The second-order valence-electron chi connectivity index (χ2n) is 2.93. The van der Waals surface area contributed by atoms with Gasteiger partial charge >= 0.3 is 6.03 Å². The molecule has 1 rings (SSSR count). The van der Waals surface area contributed by atoms with E-state index in [1.807, 2.05) is 0 Å². The van der Waals surface area contributed by atoms with Gasteiger partial charge < -0.3 is 10.2 Å². The molecule has 70 valence electrons. The number of aliphatic hydroxyl groups excluding tert-OH is 2. The van der Waals surface area contributed by atoms with Crippen LogP contribution in [0.3, 0.4) is 0 Å². The topological polar surface area (TPSA) is 64.0 Å². The van der Waals surface area contributed by atoms with Gasteiger partial charge in [-0.1, -0.05) is 0 Å². The Balaban J connectivity index is 2.61. The molecule has 2 unspecified atom stereocenters. The molecule has 0 saturated carbocycles. The summed E-state index contributed by atoms with van der Waals surface area (Å²) in [5.41, 5.74) is 0. The van der Waals surface area contributed by atoms with Gasteiger partial charge in [-0.15, -0.1) is 0 Å². The minimum atomic E-state index is -0.777. The smallest absolute Gasteiger partial charge is 0.324 e. The van der Waals surface area contributed by atoms with Gasteiger partial charge in [-0.2, -0.15) is 0 Å². The monoisotopic (exact) mass is 174 g/mol. The van der Waals surface area contributed by atoms with Gasteiger partial charge in [-0.05, 0) is 13.8 Å². The lowest BCUT2D eigenvalue weighted by atomic mass is 10.5. The number of rotatable bonds is 2. The van der Waals surface area contributed by atoms with E-state index >= 15 is 0 Å². The number of aliphatic hydroxyl groups is 2. The minimum Gasteiger partial charge on any atom is -0.374 e. The molecule has 0 bridgehead atoms. The van der Waals surface area contributed by atoms with Gasteiger partial charge in [0.25, 0.3) is 0 Å². The van der Waals surface area contributed by atoms with Crippen LogP contribution in [0.4, 0.5) is 4.79 Å². The van der Waals surface area contributed by atoms with Crippen molar-refractivity contribution in [3.63, 3.8) is 0 Å². The summed E-state index contributed by atoms with van der Waals surface area (Å²) >= 11 is 0. The predicted molar refractivity (Wildman–Crippen MR) is 42.2 cm³/mol. The van der Waals surface area contributed by atoms with Crippen LogP contribution in [0.25, 0.3) is 0 Å². The molecule has 1 aliphatic heterocycles. The Labute approximate surface area is 71.2 Å². The average molecular weight is 174 g/mol. The van der Waals surface area contributed by atoms with Crippen molar-refractivity contribution in [1.29, 1.82) is 0 Å². The summed E-state index contributed by atoms with van der Waals surface area (Å²) in [4.78, 5) is 13.9. The fourth-order valence-corrected chi connectivity index (χ4v) is 1.27. The van der Waals surface area contributed by atoms with Crippen LogP contribution in [0.2, 0.25) is 0 Å². The molecule has 2 atom stereocenters. The first-order valence-corrected chi connectivity index (χ1v) is 3.97. The maximum absolute atomic E-state index is 11.3. The molecule has 5 nitrogen and oxygen atoms in total. The molecule has 1 aliphatic rings. The summed E-state index contributed by atoms with van der Waals surface area (Å²) in [7, 11) is 0. The van der Waals surface area contributed by atoms with Crippen molar-refractivity contribution in [3.05, 3.63) is 0 Å². The normalized spacial score (nSPS) is 23.2. The standard InChI is InChI=1S/C7H14N2O3/c1-5(10)8-3-4-9(6(2)11)7(8)12/h5-6,10-11H,3-4H2,1-2H3. The highest BCUT2D eigenvalue weighted by molar-refractivity contribution is 5.76. The van der Waals surface area contributed by atoms with E-state index in [1.165, 1.54) is 23.6 Å². The molecule has 0 radical (unpaired) electrons. The summed E-state index contributed by atoms with van der Waals surface area (Å²) in [6.07, 6.45) is -1.55. The highest BCUT2D eigenvalue weighted by atomic mass is 16.3. The van der Waals surface area contributed by atoms with E-state index in [9.17, 15) is 4.79 Å². The van der Waals surface area contributed by atoms with Crippen molar-refractivity contribution in [3.8, 4) is 0 Å². The van der Waals surface area contributed by atoms with Gasteiger partial charge in [0.2, 0.25) is 0 Å². The van der Waals surface area contributed by atoms with Gasteiger partial charge in [0, 0.05) is 13.1 Å². The molecular weight excluding hydrogens is 160 g/mol. The fourth-order valence-electron chi connectivity index (χ4n) is 1.27. The lowest BCUT2D eigenvalue weighted by molar-refractivity contribution is 0.0359. The fraction of sp³-hybridized carbons (Fsp3) is 0.857. The van der Waals surface area contributed by atoms with Crippen molar-refractivity contribution in [2.24, 2.45) is 0 Å². The van der Waals surface area contributed by atoms with Crippen LogP contribution in [0.5, 0.6) is 0 Å². The van der Waals surface area contributed by atoms with Crippen LogP contribution in [-0.4, -0.2) is 51.6 Å². The predicted octanol–water partition coefficient (Wildman–Crippen LogP) is -0.599. The Morgan fingerprint density at radius 3 is 1.67 bits per heavy atom. The van der Waals surface area contributed by atoms with E-state index in [-0.39, 0.29) is 6.03 Å². The van der Waals surface area contributed by atoms with E-state index < -0.39 is 12.5 Å². The summed E-state index contributed by atoms with van der Waals surface area (Å²) in [6.45, 7) is 4.01. The van der Waals surface area contributed by atoms with E-state index in [0.717, 1.165) is 0 Å². The van der Waals surface area contributed by atoms with Crippen molar-refractivity contribution in [1.82, 2.24) is 9.80 Å². The summed E-state index contributed by atoms with van der Waals surface area (Å²) in [5, 5.41) is 18.2. The molecule has 0 spiro atoms. The van der Waals surface area contributed by atoms with Crippen LogP contribution < -0.4 is 0 Å². The van der Waals surface area contributed by atoms with E-state index in [0.29, 0.717) is 13.1 Å². The van der Waals surface area contributed by atoms with Crippen molar-refractivity contribution < 1.29 is 15.0 Å². The maximum Gasteiger partial charge on any atom is 0.324 e. The minimum absolute atomic E-state index is 0.306. The number of carbonyl (C=O) groups excluding carboxylic acids is 1. The molecule has 12 heavy (non-hydrogen) atoms. The first-order chi connectivity index (χ1) is 5.54. The Kier molecular flexibility index (Phi) is 2.54. The zero-order valence-corrected chi connectivity index (χ0v) is 7.27. The molecule has 0 aromatic heterocycles. The molecule has 1 saturated heterocycles. The Morgan fingerprint density at radius 2 is 1.50 bits per heavy atom. The van der Waals surface area contributed by atoms with Gasteiger partial charge in [-0.25, -0.2) is 4.79 Å². The van der Waals surface area contributed by atoms with Crippen LogP contribution in [0.15, 0.2) is 0 Å². The highest BCUT2D eigenvalue weighted by Crippen LogP contribution is 2.12.